The smallest absolute Gasteiger partial charge is 0.346 e. The fraction of sp³-hybridized carbons (Fsp3) is 0.409. The number of ether oxygens (including phenoxy) is 2. The molecule has 156 valence electrons. The Hall–Kier alpha value is -2.81. The molecule has 1 spiro atoms. The van der Waals surface area contributed by atoms with E-state index in [4.69, 9.17) is 13.9 Å². The highest BCUT2D eigenvalue weighted by atomic mass is 16.7. The van der Waals surface area contributed by atoms with Crippen LogP contribution >= 0.6 is 0 Å². The molecule has 1 aromatic carbocycles. The van der Waals surface area contributed by atoms with Gasteiger partial charge in [0.25, 0.3) is 0 Å². The van der Waals surface area contributed by atoms with Crippen LogP contribution in [0.3, 0.4) is 0 Å². The molecule has 4 heterocycles. The van der Waals surface area contributed by atoms with Gasteiger partial charge in [0.2, 0.25) is 5.91 Å². The Morgan fingerprint density at radius 1 is 1.20 bits per heavy atom. The first kappa shape index (κ1) is 19.2. The highest BCUT2D eigenvalue weighted by molar-refractivity contribution is 6.04. The SMILES string of the molecule is Cc1cc(NC(=O)CN2CCC3(CC2)OCCO3)nc2c1c(=O)oc1ccccc12. The van der Waals surface area contributed by atoms with Crippen LogP contribution in [0.15, 0.2) is 39.5 Å². The molecule has 2 aliphatic rings. The van der Waals surface area contributed by atoms with E-state index >= 15 is 0 Å². The predicted octanol–water partition coefficient (Wildman–Crippen LogP) is 2.43. The maximum Gasteiger partial charge on any atom is 0.346 e. The van der Waals surface area contributed by atoms with Crippen LogP contribution in [0.4, 0.5) is 5.82 Å². The largest absolute Gasteiger partial charge is 0.422 e. The van der Waals surface area contributed by atoms with E-state index in [9.17, 15) is 9.59 Å². The molecule has 1 N–H and O–H groups in total. The molecule has 0 bridgehead atoms. The van der Waals surface area contributed by atoms with Crippen molar-refractivity contribution in [3.63, 3.8) is 0 Å². The summed E-state index contributed by atoms with van der Waals surface area (Å²) in [6.07, 6.45) is 1.52. The van der Waals surface area contributed by atoms with Gasteiger partial charge in [-0.2, -0.15) is 0 Å². The van der Waals surface area contributed by atoms with Gasteiger partial charge in [-0.05, 0) is 30.7 Å². The van der Waals surface area contributed by atoms with E-state index in [1.165, 1.54) is 0 Å². The molecule has 2 aromatic heterocycles. The number of anilines is 1. The monoisotopic (exact) mass is 409 g/mol. The minimum Gasteiger partial charge on any atom is -0.422 e. The molecular formula is C22H23N3O5. The number of hydrogen-bond donors (Lipinski definition) is 1. The molecule has 1 amide bonds. The van der Waals surface area contributed by atoms with E-state index in [-0.39, 0.29) is 12.5 Å². The second kappa shape index (κ2) is 7.46. The van der Waals surface area contributed by atoms with Crippen LogP contribution < -0.4 is 10.9 Å². The molecule has 2 aliphatic heterocycles. The van der Waals surface area contributed by atoms with E-state index in [1.807, 2.05) is 19.1 Å². The number of aryl methyl sites for hydroxylation is 1. The molecule has 0 saturated carbocycles. The average molecular weight is 409 g/mol. The van der Waals surface area contributed by atoms with Gasteiger partial charge in [0.05, 0.1) is 30.7 Å². The zero-order valence-corrected chi connectivity index (χ0v) is 16.8. The summed E-state index contributed by atoms with van der Waals surface area (Å²) in [7, 11) is 0. The number of hydrogen-bond acceptors (Lipinski definition) is 7. The number of fused-ring (bicyclic) bond motifs is 3. The van der Waals surface area contributed by atoms with Crippen molar-refractivity contribution in [3.05, 3.63) is 46.3 Å². The Bertz CT molecular complexity index is 1170. The number of pyridine rings is 1. The maximum atomic E-state index is 12.6. The van der Waals surface area contributed by atoms with Crippen molar-refractivity contribution in [3.8, 4) is 0 Å². The summed E-state index contributed by atoms with van der Waals surface area (Å²) in [6.45, 7) is 4.84. The van der Waals surface area contributed by atoms with Gasteiger partial charge in [-0.3, -0.25) is 9.69 Å². The lowest BCUT2D eigenvalue weighted by molar-refractivity contribution is -0.185. The molecule has 0 unspecified atom stereocenters. The zero-order chi connectivity index (χ0) is 20.7. The van der Waals surface area contributed by atoms with Crippen LogP contribution in [0.1, 0.15) is 18.4 Å². The van der Waals surface area contributed by atoms with Crippen LogP contribution in [0, 0.1) is 6.92 Å². The number of nitrogens with zero attached hydrogens (tertiary/aromatic N) is 2. The van der Waals surface area contributed by atoms with Gasteiger partial charge in [0.1, 0.15) is 11.4 Å². The van der Waals surface area contributed by atoms with Gasteiger partial charge in [0, 0.05) is 31.3 Å². The van der Waals surface area contributed by atoms with Crippen LogP contribution in [-0.2, 0) is 14.3 Å². The molecule has 0 radical (unpaired) electrons. The third kappa shape index (κ3) is 3.47. The zero-order valence-electron chi connectivity index (χ0n) is 16.8. The normalized spacial score (nSPS) is 19.0. The third-order valence-corrected chi connectivity index (χ3v) is 5.83. The number of carbonyl (C=O) groups excluding carboxylic acids is 1. The van der Waals surface area contributed by atoms with Crippen molar-refractivity contribution >= 4 is 33.6 Å². The molecule has 8 nitrogen and oxygen atoms in total. The standard InChI is InChI=1S/C22H23N3O5/c1-14-12-17(24-20-15-4-2-3-5-16(15)30-21(27)19(14)20)23-18(26)13-25-8-6-22(7-9-25)28-10-11-29-22/h2-5,12H,6-11,13H2,1H3,(H,23,24,26). The molecule has 0 aliphatic carbocycles. The summed E-state index contributed by atoms with van der Waals surface area (Å²) in [5.41, 5.74) is 1.30. The number of benzene rings is 1. The fourth-order valence-electron chi connectivity index (χ4n) is 4.31. The number of para-hydroxylation sites is 1. The van der Waals surface area contributed by atoms with Gasteiger partial charge in [-0.1, -0.05) is 12.1 Å². The van der Waals surface area contributed by atoms with Crippen molar-refractivity contribution in [1.29, 1.82) is 0 Å². The first-order valence-electron chi connectivity index (χ1n) is 10.2. The molecule has 0 atom stereocenters. The summed E-state index contributed by atoms with van der Waals surface area (Å²) < 4.78 is 16.9. The minimum absolute atomic E-state index is 0.141. The van der Waals surface area contributed by atoms with Crippen molar-refractivity contribution < 1.29 is 18.7 Å². The van der Waals surface area contributed by atoms with Crippen LogP contribution in [-0.4, -0.2) is 54.4 Å². The van der Waals surface area contributed by atoms with Crippen molar-refractivity contribution in [1.82, 2.24) is 9.88 Å². The van der Waals surface area contributed by atoms with E-state index < -0.39 is 11.4 Å². The molecule has 2 saturated heterocycles. The number of likely N-dealkylation sites (tertiary alicyclic amines) is 1. The van der Waals surface area contributed by atoms with Gasteiger partial charge in [-0.15, -0.1) is 0 Å². The van der Waals surface area contributed by atoms with Gasteiger partial charge in [0.15, 0.2) is 5.79 Å². The topological polar surface area (TPSA) is 93.9 Å². The highest BCUT2D eigenvalue weighted by Crippen LogP contribution is 2.31. The number of amides is 1. The number of carbonyl (C=O) groups is 1. The summed E-state index contributed by atoms with van der Waals surface area (Å²) in [5, 5.41) is 4.06. The second-order valence-electron chi connectivity index (χ2n) is 7.87. The van der Waals surface area contributed by atoms with Gasteiger partial charge in [-0.25, -0.2) is 9.78 Å². The molecule has 3 aromatic rings. The van der Waals surface area contributed by atoms with Gasteiger partial charge < -0.3 is 19.2 Å². The summed E-state index contributed by atoms with van der Waals surface area (Å²) in [4.78, 5) is 31.7. The summed E-state index contributed by atoms with van der Waals surface area (Å²) >= 11 is 0. The number of aromatic nitrogens is 1. The Labute approximate surface area is 172 Å². The number of rotatable bonds is 3. The summed E-state index contributed by atoms with van der Waals surface area (Å²) in [5.74, 6) is -0.166. The first-order valence-corrected chi connectivity index (χ1v) is 10.2. The Kier molecular flexibility index (Phi) is 4.77. The van der Waals surface area contributed by atoms with Crippen molar-refractivity contribution in [2.24, 2.45) is 0 Å². The van der Waals surface area contributed by atoms with Crippen LogP contribution in [0.5, 0.6) is 0 Å². The van der Waals surface area contributed by atoms with Crippen LogP contribution in [0.2, 0.25) is 0 Å². The molecular weight excluding hydrogens is 386 g/mol. The number of piperidine rings is 1. The van der Waals surface area contributed by atoms with Crippen molar-refractivity contribution in [2.45, 2.75) is 25.6 Å². The lowest BCUT2D eigenvalue weighted by Crippen LogP contribution is -2.47. The van der Waals surface area contributed by atoms with Crippen molar-refractivity contribution in [2.75, 3.05) is 38.2 Å². The molecule has 30 heavy (non-hydrogen) atoms. The average Bonchev–Trinajstić information content (AvgIpc) is 3.18. The lowest BCUT2D eigenvalue weighted by Gasteiger charge is -2.37. The first-order chi connectivity index (χ1) is 14.5. The highest BCUT2D eigenvalue weighted by Gasteiger charge is 2.39. The molecule has 8 heteroatoms. The lowest BCUT2D eigenvalue weighted by atomic mass is 10.0. The fourth-order valence-corrected chi connectivity index (χ4v) is 4.31. The summed E-state index contributed by atoms with van der Waals surface area (Å²) in [6, 6.07) is 8.97. The Morgan fingerprint density at radius 2 is 1.93 bits per heavy atom. The minimum atomic E-state index is -0.452. The third-order valence-electron chi connectivity index (χ3n) is 5.83. The van der Waals surface area contributed by atoms with E-state index in [1.54, 1.807) is 18.2 Å². The predicted molar refractivity (Wildman–Crippen MR) is 111 cm³/mol. The number of nitrogens with one attached hydrogen (secondary N) is 1. The Balaban J connectivity index is 1.34. The Morgan fingerprint density at radius 3 is 2.70 bits per heavy atom. The van der Waals surface area contributed by atoms with E-state index in [0.29, 0.717) is 41.1 Å². The molecule has 5 rings (SSSR count). The maximum absolute atomic E-state index is 12.6. The van der Waals surface area contributed by atoms with Gasteiger partial charge >= 0.3 is 5.63 Å². The quantitative estimate of drug-likeness (QED) is 0.524. The van der Waals surface area contributed by atoms with E-state index in [0.717, 1.165) is 31.3 Å². The van der Waals surface area contributed by atoms with E-state index in [2.05, 4.69) is 15.2 Å². The second-order valence-corrected chi connectivity index (χ2v) is 7.87. The molecule has 2 fully saturated rings. The van der Waals surface area contributed by atoms with Crippen LogP contribution in [0.25, 0.3) is 21.9 Å².